The SMILES string of the molecule is CC(C)(C)C[C@@H](c1ccc(CN)cc1)C(C)(C)C. The van der Waals surface area contributed by atoms with E-state index in [4.69, 9.17) is 5.73 Å². The molecule has 0 aliphatic carbocycles. The normalized spacial score (nSPS) is 14.6. The zero-order valence-corrected chi connectivity index (χ0v) is 12.9. The number of rotatable bonds is 3. The molecule has 1 atom stereocenters. The Labute approximate surface area is 113 Å². The van der Waals surface area contributed by atoms with Crippen LogP contribution in [0.1, 0.15) is 65.0 Å². The van der Waals surface area contributed by atoms with Gasteiger partial charge in [0.15, 0.2) is 0 Å². The molecule has 0 spiro atoms. The van der Waals surface area contributed by atoms with Crippen LogP contribution in [0.2, 0.25) is 0 Å². The van der Waals surface area contributed by atoms with E-state index in [-0.39, 0.29) is 5.41 Å². The van der Waals surface area contributed by atoms with E-state index in [2.05, 4.69) is 65.8 Å². The minimum atomic E-state index is 0.289. The number of hydrogen-bond donors (Lipinski definition) is 1. The van der Waals surface area contributed by atoms with E-state index in [1.807, 2.05) is 0 Å². The maximum Gasteiger partial charge on any atom is 0.0178 e. The van der Waals surface area contributed by atoms with E-state index in [9.17, 15) is 0 Å². The quantitative estimate of drug-likeness (QED) is 0.822. The Balaban J connectivity index is 3.02. The van der Waals surface area contributed by atoms with E-state index >= 15 is 0 Å². The van der Waals surface area contributed by atoms with Gasteiger partial charge in [-0.1, -0.05) is 65.8 Å². The summed E-state index contributed by atoms with van der Waals surface area (Å²) >= 11 is 0. The molecule has 0 aliphatic heterocycles. The van der Waals surface area contributed by atoms with Crippen LogP contribution in [0, 0.1) is 10.8 Å². The van der Waals surface area contributed by atoms with Crippen LogP contribution in [0.15, 0.2) is 24.3 Å². The first-order chi connectivity index (χ1) is 8.13. The van der Waals surface area contributed by atoms with E-state index in [0.29, 0.717) is 17.9 Å². The second kappa shape index (κ2) is 5.44. The van der Waals surface area contributed by atoms with Crippen LogP contribution in [-0.2, 0) is 6.54 Å². The highest BCUT2D eigenvalue weighted by atomic mass is 14.5. The van der Waals surface area contributed by atoms with Gasteiger partial charge in [0.25, 0.3) is 0 Å². The molecule has 0 radical (unpaired) electrons. The average molecular weight is 247 g/mol. The second-order valence-electron chi connectivity index (χ2n) is 7.63. The molecule has 1 nitrogen and oxygen atoms in total. The van der Waals surface area contributed by atoms with Crippen molar-refractivity contribution in [1.82, 2.24) is 0 Å². The van der Waals surface area contributed by atoms with Gasteiger partial charge < -0.3 is 5.73 Å². The van der Waals surface area contributed by atoms with Crippen molar-refractivity contribution in [3.05, 3.63) is 35.4 Å². The maximum atomic E-state index is 5.66. The van der Waals surface area contributed by atoms with Crippen LogP contribution in [0.3, 0.4) is 0 Å². The zero-order chi connectivity index (χ0) is 14.0. The molecule has 0 heterocycles. The Morgan fingerprint density at radius 1 is 0.944 bits per heavy atom. The summed E-state index contributed by atoms with van der Waals surface area (Å²) in [5.41, 5.74) is 8.95. The van der Waals surface area contributed by atoms with Crippen molar-refractivity contribution in [3.8, 4) is 0 Å². The maximum absolute atomic E-state index is 5.66. The molecular formula is C17H29N. The lowest BCUT2D eigenvalue weighted by Crippen LogP contribution is -2.23. The van der Waals surface area contributed by atoms with Crippen molar-refractivity contribution in [2.75, 3.05) is 0 Å². The highest BCUT2D eigenvalue weighted by molar-refractivity contribution is 5.26. The first kappa shape index (κ1) is 15.2. The standard InChI is InChI=1S/C17H29N/c1-16(2,3)11-15(17(4,5)6)14-9-7-13(12-18)8-10-14/h7-10,15H,11-12,18H2,1-6H3/t15-/m0/s1. The average Bonchev–Trinajstić information content (AvgIpc) is 2.24. The number of benzene rings is 1. The monoisotopic (exact) mass is 247 g/mol. The zero-order valence-electron chi connectivity index (χ0n) is 12.9. The fourth-order valence-electron chi connectivity index (χ4n) is 2.42. The predicted octanol–water partition coefficient (Wildman–Crippen LogP) is 4.71. The van der Waals surface area contributed by atoms with Crippen molar-refractivity contribution in [1.29, 1.82) is 0 Å². The van der Waals surface area contributed by atoms with Crippen LogP contribution in [0.5, 0.6) is 0 Å². The molecule has 2 N–H and O–H groups in total. The van der Waals surface area contributed by atoms with Crippen molar-refractivity contribution in [3.63, 3.8) is 0 Å². The molecule has 1 aromatic rings. The molecule has 0 saturated carbocycles. The van der Waals surface area contributed by atoms with Gasteiger partial charge in [0, 0.05) is 6.54 Å². The lowest BCUT2D eigenvalue weighted by molar-refractivity contribution is 0.229. The summed E-state index contributed by atoms with van der Waals surface area (Å²) in [6, 6.07) is 8.83. The summed E-state index contributed by atoms with van der Waals surface area (Å²) in [5, 5.41) is 0. The van der Waals surface area contributed by atoms with Crippen LogP contribution < -0.4 is 5.73 Å². The molecule has 0 unspecified atom stereocenters. The van der Waals surface area contributed by atoms with Crippen molar-refractivity contribution >= 4 is 0 Å². The first-order valence-electron chi connectivity index (χ1n) is 6.92. The summed E-state index contributed by atoms with van der Waals surface area (Å²) in [6.07, 6.45) is 1.21. The largest absolute Gasteiger partial charge is 0.326 e. The van der Waals surface area contributed by atoms with E-state index in [1.54, 1.807) is 0 Å². The smallest absolute Gasteiger partial charge is 0.0178 e. The Morgan fingerprint density at radius 3 is 1.78 bits per heavy atom. The molecule has 0 bridgehead atoms. The molecular weight excluding hydrogens is 218 g/mol. The van der Waals surface area contributed by atoms with Crippen molar-refractivity contribution in [2.24, 2.45) is 16.6 Å². The lowest BCUT2D eigenvalue weighted by atomic mass is 9.69. The molecule has 1 aromatic carbocycles. The molecule has 0 aliphatic rings. The summed E-state index contributed by atoms with van der Waals surface area (Å²) in [5.74, 6) is 0.587. The fourth-order valence-corrected chi connectivity index (χ4v) is 2.42. The Hall–Kier alpha value is -0.820. The van der Waals surface area contributed by atoms with Crippen molar-refractivity contribution < 1.29 is 0 Å². The summed E-state index contributed by atoms with van der Waals surface area (Å²) in [7, 11) is 0. The predicted molar refractivity (Wildman–Crippen MR) is 80.6 cm³/mol. The summed E-state index contributed by atoms with van der Waals surface area (Å²) < 4.78 is 0. The van der Waals surface area contributed by atoms with Crippen LogP contribution in [0.4, 0.5) is 0 Å². The number of hydrogen-bond acceptors (Lipinski definition) is 1. The summed E-state index contributed by atoms with van der Waals surface area (Å²) in [6.45, 7) is 14.6. The fraction of sp³-hybridized carbons (Fsp3) is 0.647. The van der Waals surface area contributed by atoms with Gasteiger partial charge >= 0.3 is 0 Å². The molecule has 0 aromatic heterocycles. The van der Waals surface area contributed by atoms with Crippen molar-refractivity contribution in [2.45, 2.75) is 60.4 Å². The highest BCUT2D eigenvalue weighted by Crippen LogP contribution is 2.42. The minimum Gasteiger partial charge on any atom is -0.326 e. The van der Waals surface area contributed by atoms with E-state index in [0.717, 1.165) is 0 Å². The van der Waals surface area contributed by atoms with Crippen LogP contribution in [-0.4, -0.2) is 0 Å². The van der Waals surface area contributed by atoms with Gasteiger partial charge in [0.2, 0.25) is 0 Å². The Kier molecular flexibility index (Phi) is 4.61. The number of nitrogens with two attached hydrogens (primary N) is 1. The third-order valence-corrected chi connectivity index (χ3v) is 3.48. The third kappa shape index (κ3) is 4.45. The third-order valence-electron chi connectivity index (χ3n) is 3.48. The van der Waals surface area contributed by atoms with Crippen LogP contribution >= 0.6 is 0 Å². The first-order valence-corrected chi connectivity index (χ1v) is 6.92. The van der Waals surface area contributed by atoms with E-state index < -0.39 is 0 Å². The minimum absolute atomic E-state index is 0.289. The summed E-state index contributed by atoms with van der Waals surface area (Å²) in [4.78, 5) is 0. The van der Waals surface area contributed by atoms with Gasteiger partial charge in [-0.2, -0.15) is 0 Å². The van der Waals surface area contributed by atoms with Gasteiger partial charge in [0.05, 0.1) is 0 Å². The Morgan fingerprint density at radius 2 is 1.44 bits per heavy atom. The van der Waals surface area contributed by atoms with E-state index in [1.165, 1.54) is 17.5 Å². The van der Waals surface area contributed by atoms with Gasteiger partial charge in [-0.25, -0.2) is 0 Å². The topological polar surface area (TPSA) is 26.0 Å². The second-order valence-corrected chi connectivity index (χ2v) is 7.63. The molecule has 0 saturated heterocycles. The molecule has 102 valence electrons. The van der Waals surface area contributed by atoms with Gasteiger partial charge in [-0.3, -0.25) is 0 Å². The molecule has 0 amide bonds. The Bertz CT molecular complexity index is 362. The highest BCUT2D eigenvalue weighted by Gasteiger charge is 2.30. The molecule has 0 fully saturated rings. The van der Waals surface area contributed by atoms with Gasteiger partial charge in [0.1, 0.15) is 0 Å². The molecule has 1 heteroatoms. The molecule has 18 heavy (non-hydrogen) atoms. The van der Waals surface area contributed by atoms with Crippen LogP contribution in [0.25, 0.3) is 0 Å². The van der Waals surface area contributed by atoms with Gasteiger partial charge in [-0.15, -0.1) is 0 Å². The van der Waals surface area contributed by atoms with Gasteiger partial charge in [-0.05, 0) is 34.3 Å². The lowest BCUT2D eigenvalue weighted by Gasteiger charge is -2.36. The molecule has 1 rings (SSSR count).